The van der Waals surface area contributed by atoms with Gasteiger partial charge in [-0.3, -0.25) is 9.59 Å². The number of rotatable bonds is 8. The van der Waals surface area contributed by atoms with Gasteiger partial charge < -0.3 is 15.0 Å². The van der Waals surface area contributed by atoms with Crippen molar-refractivity contribution in [3.05, 3.63) is 42.1 Å². The molecular formula is C25H35N5O5S. The van der Waals surface area contributed by atoms with Crippen LogP contribution in [0.15, 0.2) is 41.6 Å². The fourth-order valence-electron chi connectivity index (χ4n) is 4.33. The van der Waals surface area contributed by atoms with E-state index >= 15 is 0 Å². The van der Waals surface area contributed by atoms with Crippen LogP contribution in [0.25, 0.3) is 0 Å². The maximum Gasteiger partial charge on any atom is 0.308 e. The van der Waals surface area contributed by atoms with Crippen LogP contribution < -0.4 is 14.9 Å². The van der Waals surface area contributed by atoms with E-state index in [1.165, 1.54) is 12.1 Å². The van der Waals surface area contributed by atoms with Crippen LogP contribution >= 0.6 is 0 Å². The minimum absolute atomic E-state index is 0.0852. The van der Waals surface area contributed by atoms with Gasteiger partial charge in [-0.05, 0) is 71.2 Å². The molecule has 3 heterocycles. The maximum absolute atomic E-state index is 13.1. The van der Waals surface area contributed by atoms with Gasteiger partial charge in [0.1, 0.15) is 17.2 Å². The molecule has 1 aliphatic rings. The van der Waals surface area contributed by atoms with Gasteiger partial charge in [0.25, 0.3) is 15.9 Å². The summed E-state index contributed by atoms with van der Waals surface area (Å²) in [5.74, 6) is -0.0438. The first-order chi connectivity index (χ1) is 16.7. The Morgan fingerprint density at radius 1 is 1.19 bits per heavy atom. The molecule has 36 heavy (non-hydrogen) atoms. The summed E-state index contributed by atoms with van der Waals surface area (Å²) >= 11 is 0. The van der Waals surface area contributed by atoms with Crippen molar-refractivity contribution in [2.75, 3.05) is 23.3 Å². The fraction of sp³-hybridized carbons (Fsp3) is 0.520. The Bertz CT molecular complexity index is 1220. The molecule has 0 saturated carbocycles. The summed E-state index contributed by atoms with van der Waals surface area (Å²) in [6.45, 7) is 12.6. The summed E-state index contributed by atoms with van der Waals surface area (Å²) in [7, 11) is -4.26. The Labute approximate surface area is 212 Å². The molecule has 1 amide bonds. The van der Waals surface area contributed by atoms with Gasteiger partial charge in [-0.25, -0.2) is 14.7 Å². The zero-order chi connectivity index (χ0) is 26.7. The van der Waals surface area contributed by atoms with Crippen LogP contribution in [-0.4, -0.2) is 54.5 Å². The van der Waals surface area contributed by atoms with Crippen LogP contribution in [0.2, 0.25) is 0 Å². The first-order valence-electron chi connectivity index (χ1n) is 11.9. The molecule has 3 rings (SSSR count). The number of aromatic nitrogens is 2. The molecule has 0 aromatic carbocycles. The van der Waals surface area contributed by atoms with Crippen LogP contribution in [0, 0.1) is 5.92 Å². The molecular weight excluding hydrogens is 482 g/mol. The standard InChI is InChI=1S/C25H35N5O5S/c1-17-15-25(5,6)30(16-17)22-18(9-8-13-27-22)23(32)29-36(33,34)20-11-7-10-19(28-20)26-14-12-21(31)35-24(2,3)4/h7-11,13,17H,12,14-16H2,1-6H3,(H,26,28)(H,29,32). The quantitative estimate of drug-likeness (QED) is 0.506. The highest BCUT2D eigenvalue weighted by Gasteiger charge is 2.39. The number of sulfonamides is 1. The van der Waals surface area contributed by atoms with Crippen LogP contribution in [0.3, 0.4) is 0 Å². The normalized spacial score (nSPS) is 17.5. The lowest BCUT2D eigenvalue weighted by molar-refractivity contribution is -0.154. The van der Waals surface area contributed by atoms with Crippen LogP contribution in [0.5, 0.6) is 0 Å². The van der Waals surface area contributed by atoms with Crippen molar-refractivity contribution in [3.8, 4) is 0 Å². The highest BCUT2D eigenvalue weighted by molar-refractivity contribution is 7.90. The fourth-order valence-corrected chi connectivity index (χ4v) is 5.26. The predicted octanol–water partition coefficient (Wildman–Crippen LogP) is 3.36. The number of pyridine rings is 2. The third kappa shape index (κ3) is 6.93. The van der Waals surface area contributed by atoms with Crippen molar-refractivity contribution in [3.63, 3.8) is 0 Å². The van der Waals surface area contributed by atoms with Crippen molar-refractivity contribution in [2.45, 2.75) is 70.6 Å². The van der Waals surface area contributed by atoms with E-state index in [2.05, 4.69) is 40.8 Å². The van der Waals surface area contributed by atoms with Crippen LogP contribution in [0.1, 0.15) is 64.7 Å². The molecule has 2 aromatic rings. The van der Waals surface area contributed by atoms with Crippen molar-refractivity contribution >= 4 is 33.5 Å². The number of esters is 1. The number of amides is 1. The lowest BCUT2D eigenvalue weighted by atomic mass is 9.97. The summed E-state index contributed by atoms with van der Waals surface area (Å²) < 4.78 is 33.4. The molecule has 1 aliphatic heterocycles. The Morgan fingerprint density at radius 2 is 1.92 bits per heavy atom. The largest absolute Gasteiger partial charge is 0.460 e. The minimum Gasteiger partial charge on any atom is -0.460 e. The number of hydrogen-bond donors (Lipinski definition) is 2. The lowest BCUT2D eigenvalue weighted by Gasteiger charge is -2.33. The highest BCUT2D eigenvalue weighted by Crippen LogP contribution is 2.37. The van der Waals surface area contributed by atoms with Gasteiger partial charge in [-0.2, -0.15) is 8.42 Å². The molecule has 11 heteroatoms. The second kappa shape index (κ2) is 10.4. The molecule has 0 bridgehead atoms. The van der Waals surface area contributed by atoms with Gasteiger partial charge in [0, 0.05) is 24.8 Å². The van der Waals surface area contributed by atoms with Crippen molar-refractivity contribution in [1.82, 2.24) is 14.7 Å². The van der Waals surface area contributed by atoms with E-state index in [0.717, 1.165) is 13.0 Å². The topological polar surface area (TPSA) is 131 Å². The summed E-state index contributed by atoms with van der Waals surface area (Å²) in [5.41, 5.74) is -0.629. The molecule has 2 N–H and O–H groups in total. The maximum atomic E-state index is 13.1. The van der Waals surface area contributed by atoms with Gasteiger partial charge in [0.05, 0.1) is 12.0 Å². The molecule has 2 aromatic heterocycles. The van der Waals surface area contributed by atoms with Crippen molar-refractivity contribution in [2.24, 2.45) is 5.92 Å². The minimum atomic E-state index is -4.26. The third-order valence-corrected chi connectivity index (χ3v) is 6.87. The number of carbonyl (C=O) groups is 2. The van der Waals surface area contributed by atoms with Gasteiger partial charge in [0.15, 0.2) is 5.03 Å². The number of hydrogen-bond acceptors (Lipinski definition) is 9. The Balaban J connectivity index is 1.72. The molecule has 1 fully saturated rings. The van der Waals surface area contributed by atoms with E-state index in [1.54, 1.807) is 45.2 Å². The average molecular weight is 518 g/mol. The first-order valence-corrected chi connectivity index (χ1v) is 13.4. The Kier molecular flexibility index (Phi) is 7.92. The number of anilines is 2. The summed E-state index contributed by atoms with van der Waals surface area (Å²) in [5, 5.41) is 2.59. The van der Waals surface area contributed by atoms with Gasteiger partial charge in [-0.1, -0.05) is 13.0 Å². The van der Waals surface area contributed by atoms with Crippen LogP contribution in [-0.2, 0) is 19.6 Å². The Morgan fingerprint density at radius 3 is 2.56 bits per heavy atom. The molecule has 1 saturated heterocycles. The van der Waals surface area contributed by atoms with E-state index in [9.17, 15) is 18.0 Å². The highest BCUT2D eigenvalue weighted by atomic mass is 32.2. The lowest BCUT2D eigenvalue weighted by Crippen LogP contribution is -2.41. The van der Waals surface area contributed by atoms with E-state index in [-0.39, 0.29) is 40.9 Å². The molecule has 196 valence electrons. The van der Waals surface area contributed by atoms with E-state index in [4.69, 9.17) is 4.74 Å². The molecule has 1 atom stereocenters. The molecule has 10 nitrogen and oxygen atoms in total. The van der Waals surface area contributed by atoms with Gasteiger partial charge >= 0.3 is 5.97 Å². The smallest absolute Gasteiger partial charge is 0.308 e. The zero-order valence-electron chi connectivity index (χ0n) is 21.7. The third-order valence-electron chi connectivity index (χ3n) is 5.64. The van der Waals surface area contributed by atoms with Gasteiger partial charge in [-0.15, -0.1) is 0 Å². The molecule has 0 aliphatic carbocycles. The average Bonchev–Trinajstić information content (AvgIpc) is 3.04. The van der Waals surface area contributed by atoms with Crippen LogP contribution in [0.4, 0.5) is 11.6 Å². The first kappa shape index (κ1) is 27.4. The second-order valence-corrected chi connectivity index (χ2v) is 12.3. The SMILES string of the molecule is CC1CN(c2ncccc2C(=O)NS(=O)(=O)c2cccc(NCCC(=O)OC(C)(C)C)n2)C(C)(C)C1. The number of carbonyl (C=O) groups excluding carboxylic acids is 2. The molecule has 1 unspecified atom stereocenters. The Hall–Kier alpha value is -3.21. The second-order valence-electron chi connectivity index (χ2n) is 10.7. The molecule has 0 spiro atoms. The summed E-state index contributed by atoms with van der Waals surface area (Å²) in [4.78, 5) is 35.5. The van der Waals surface area contributed by atoms with Gasteiger partial charge in [0.2, 0.25) is 0 Å². The van der Waals surface area contributed by atoms with E-state index < -0.39 is 21.5 Å². The van der Waals surface area contributed by atoms with Crippen molar-refractivity contribution in [1.29, 1.82) is 0 Å². The van der Waals surface area contributed by atoms with E-state index in [1.807, 2.05) is 4.90 Å². The monoisotopic (exact) mass is 517 g/mol. The number of ether oxygens (including phenoxy) is 1. The van der Waals surface area contributed by atoms with E-state index in [0.29, 0.717) is 11.7 Å². The van der Waals surface area contributed by atoms with Crippen molar-refractivity contribution < 1.29 is 22.7 Å². The number of nitrogens with one attached hydrogen (secondary N) is 2. The number of nitrogens with zero attached hydrogens (tertiary/aromatic N) is 3. The molecule has 0 radical (unpaired) electrons. The zero-order valence-corrected chi connectivity index (χ0v) is 22.5. The predicted molar refractivity (Wildman–Crippen MR) is 137 cm³/mol. The summed E-state index contributed by atoms with van der Waals surface area (Å²) in [6, 6.07) is 7.54. The summed E-state index contributed by atoms with van der Waals surface area (Å²) in [6.07, 6.45) is 2.61.